The number of hydrogen-bond acceptors (Lipinski definition) is 3. The second-order valence-corrected chi connectivity index (χ2v) is 3.99. The van der Waals surface area contributed by atoms with Gasteiger partial charge in [0.05, 0.1) is 7.11 Å². The monoisotopic (exact) mass is 226 g/mol. The summed E-state index contributed by atoms with van der Waals surface area (Å²) in [6, 6.07) is 5.15. The lowest BCUT2D eigenvalue weighted by atomic mass is 10.0. The van der Waals surface area contributed by atoms with Gasteiger partial charge in [0.25, 0.3) is 0 Å². The fourth-order valence-corrected chi connectivity index (χ4v) is 1.67. The normalized spacial score (nSPS) is 12.9. The van der Waals surface area contributed by atoms with Crippen LogP contribution in [0.2, 0.25) is 0 Å². The van der Waals surface area contributed by atoms with Gasteiger partial charge in [0, 0.05) is 12.6 Å². The molecule has 90 valence electrons. The summed E-state index contributed by atoms with van der Waals surface area (Å²) in [6.07, 6.45) is 0.685. The van der Waals surface area contributed by atoms with Crippen LogP contribution < -0.4 is 10.5 Å². The zero-order chi connectivity index (χ0) is 12.1. The number of nitrogens with two attached hydrogens (primary N) is 1. The number of hydrogen-bond donors (Lipinski definition) is 1. The van der Waals surface area contributed by atoms with Gasteiger partial charge in [-0.15, -0.1) is 0 Å². The molecule has 0 radical (unpaired) electrons. The van der Waals surface area contributed by atoms with Gasteiger partial charge in [-0.25, -0.2) is 4.39 Å². The fraction of sp³-hybridized carbons (Fsp3) is 0.500. The van der Waals surface area contributed by atoms with E-state index in [1.54, 1.807) is 6.07 Å². The summed E-state index contributed by atoms with van der Waals surface area (Å²) in [5.74, 6) is -0.00247. The lowest BCUT2D eigenvalue weighted by molar-refractivity contribution is 0.293. The van der Waals surface area contributed by atoms with Gasteiger partial charge in [0.15, 0.2) is 11.6 Å². The van der Waals surface area contributed by atoms with Crippen molar-refractivity contribution in [3.8, 4) is 5.75 Å². The Labute approximate surface area is 96.0 Å². The molecule has 0 aliphatic rings. The van der Waals surface area contributed by atoms with Gasteiger partial charge in [-0.3, -0.25) is 0 Å². The van der Waals surface area contributed by atoms with Crippen LogP contribution in [-0.2, 0) is 6.42 Å². The van der Waals surface area contributed by atoms with Crippen LogP contribution in [0, 0.1) is 5.82 Å². The van der Waals surface area contributed by atoms with Crippen LogP contribution in [-0.4, -0.2) is 38.7 Å². The number of para-hydroxylation sites is 1. The lowest BCUT2D eigenvalue weighted by Gasteiger charge is -2.23. The summed E-state index contributed by atoms with van der Waals surface area (Å²) in [7, 11) is 5.40. The lowest BCUT2D eigenvalue weighted by Crippen LogP contribution is -2.36. The van der Waals surface area contributed by atoms with Crippen molar-refractivity contribution in [1.82, 2.24) is 4.90 Å². The molecule has 0 amide bonds. The van der Waals surface area contributed by atoms with E-state index < -0.39 is 0 Å². The number of ether oxygens (including phenoxy) is 1. The SMILES string of the molecule is COc1c(F)cccc1CC(CN)N(C)C. The average Bonchev–Trinajstić information content (AvgIpc) is 2.25. The Kier molecular flexibility index (Phi) is 4.71. The van der Waals surface area contributed by atoms with Crippen molar-refractivity contribution in [2.24, 2.45) is 5.73 Å². The summed E-state index contributed by atoms with van der Waals surface area (Å²) >= 11 is 0. The van der Waals surface area contributed by atoms with Crippen molar-refractivity contribution in [3.63, 3.8) is 0 Å². The van der Waals surface area contributed by atoms with Crippen molar-refractivity contribution in [2.75, 3.05) is 27.7 Å². The number of rotatable bonds is 5. The Hall–Kier alpha value is -1.13. The zero-order valence-electron chi connectivity index (χ0n) is 10.0. The molecule has 1 aromatic rings. The minimum Gasteiger partial charge on any atom is -0.493 e. The van der Waals surface area contributed by atoms with Gasteiger partial charge in [-0.1, -0.05) is 12.1 Å². The number of methoxy groups -OCH3 is 1. The highest BCUT2D eigenvalue weighted by Gasteiger charge is 2.15. The average molecular weight is 226 g/mol. The standard InChI is InChI=1S/C12H19FN2O/c1-15(2)10(8-14)7-9-5-4-6-11(13)12(9)16-3/h4-6,10H,7-8,14H2,1-3H3. The number of nitrogens with zero attached hydrogens (tertiary/aromatic N) is 1. The quantitative estimate of drug-likeness (QED) is 0.821. The van der Waals surface area contributed by atoms with Gasteiger partial charge in [-0.2, -0.15) is 0 Å². The van der Waals surface area contributed by atoms with Crippen LogP contribution in [0.4, 0.5) is 4.39 Å². The highest BCUT2D eigenvalue weighted by atomic mass is 19.1. The second-order valence-electron chi connectivity index (χ2n) is 3.99. The Balaban J connectivity index is 2.91. The third kappa shape index (κ3) is 2.93. The van der Waals surface area contributed by atoms with E-state index in [4.69, 9.17) is 10.5 Å². The molecule has 0 fully saturated rings. The third-order valence-electron chi connectivity index (χ3n) is 2.71. The van der Waals surface area contributed by atoms with Gasteiger partial charge in [0.2, 0.25) is 0 Å². The first-order chi connectivity index (χ1) is 7.60. The molecule has 1 atom stereocenters. The maximum Gasteiger partial charge on any atom is 0.165 e. The number of benzene rings is 1. The summed E-state index contributed by atoms with van der Waals surface area (Å²) in [5.41, 5.74) is 6.53. The topological polar surface area (TPSA) is 38.5 Å². The third-order valence-corrected chi connectivity index (χ3v) is 2.71. The fourth-order valence-electron chi connectivity index (χ4n) is 1.67. The highest BCUT2D eigenvalue weighted by Crippen LogP contribution is 2.23. The maximum atomic E-state index is 13.4. The highest BCUT2D eigenvalue weighted by molar-refractivity contribution is 5.35. The summed E-state index contributed by atoms with van der Waals surface area (Å²) in [4.78, 5) is 2.03. The molecule has 0 saturated heterocycles. The van der Waals surface area contributed by atoms with Crippen LogP contribution in [0.25, 0.3) is 0 Å². The Morgan fingerprint density at radius 3 is 2.62 bits per heavy atom. The van der Waals surface area contributed by atoms with E-state index in [0.717, 1.165) is 5.56 Å². The number of likely N-dealkylation sites (N-methyl/N-ethyl adjacent to an activating group) is 1. The van der Waals surface area contributed by atoms with Gasteiger partial charge < -0.3 is 15.4 Å². The van der Waals surface area contributed by atoms with Crippen molar-refractivity contribution in [3.05, 3.63) is 29.6 Å². The van der Waals surface area contributed by atoms with Crippen LogP contribution in [0.5, 0.6) is 5.75 Å². The predicted octanol–water partition coefficient (Wildman–Crippen LogP) is 1.27. The molecule has 16 heavy (non-hydrogen) atoms. The van der Waals surface area contributed by atoms with E-state index >= 15 is 0 Å². The Bertz CT molecular complexity index is 342. The van der Waals surface area contributed by atoms with E-state index in [9.17, 15) is 4.39 Å². The molecule has 0 aliphatic heterocycles. The molecule has 0 saturated carbocycles. The molecule has 2 N–H and O–H groups in total. The number of halogens is 1. The van der Waals surface area contributed by atoms with Gasteiger partial charge >= 0.3 is 0 Å². The van der Waals surface area contributed by atoms with E-state index in [0.29, 0.717) is 18.7 Å². The Morgan fingerprint density at radius 2 is 2.12 bits per heavy atom. The summed E-state index contributed by atoms with van der Waals surface area (Å²) < 4.78 is 18.5. The van der Waals surface area contributed by atoms with Gasteiger partial charge in [-0.05, 0) is 32.1 Å². The molecule has 0 aliphatic carbocycles. The molecule has 4 heteroatoms. The molecule has 1 rings (SSSR count). The maximum absolute atomic E-state index is 13.4. The van der Waals surface area contributed by atoms with Crippen molar-refractivity contribution >= 4 is 0 Å². The zero-order valence-corrected chi connectivity index (χ0v) is 10.0. The van der Waals surface area contributed by atoms with Gasteiger partial charge in [0.1, 0.15) is 0 Å². The summed E-state index contributed by atoms with van der Waals surface area (Å²) in [5, 5.41) is 0. The van der Waals surface area contributed by atoms with Crippen molar-refractivity contribution in [2.45, 2.75) is 12.5 Å². The predicted molar refractivity (Wildman–Crippen MR) is 63.2 cm³/mol. The second kappa shape index (κ2) is 5.82. The van der Waals surface area contributed by atoms with Crippen LogP contribution in [0.15, 0.2) is 18.2 Å². The van der Waals surface area contributed by atoms with Crippen LogP contribution in [0.3, 0.4) is 0 Å². The molecule has 0 spiro atoms. The first kappa shape index (κ1) is 12.9. The molecule has 3 nitrogen and oxygen atoms in total. The van der Waals surface area contributed by atoms with Crippen molar-refractivity contribution < 1.29 is 9.13 Å². The van der Waals surface area contributed by atoms with E-state index in [2.05, 4.69) is 0 Å². The molecule has 0 aromatic heterocycles. The molecule has 0 bridgehead atoms. The minimum atomic E-state index is -0.325. The van der Waals surface area contributed by atoms with Crippen LogP contribution >= 0.6 is 0 Å². The van der Waals surface area contributed by atoms with E-state index in [1.807, 2.05) is 25.1 Å². The Morgan fingerprint density at radius 1 is 1.44 bits per heavy atom. The molecule has 1 unspecified atom stereocenters. The molecule has 0 heterocycles. The summed E-state index contributed by atoms with van der Waals surface area (Å²) in [6.45, 7) is 0.534. The van der Waals surface area contributed by atoms with Crippen molar-refractivity contribution in [1.29, 1.82) is 0 Å². The first-order valence-corrected chi connectivity index (χ1v) is 5.28. The van der Waals surface area contributed by atoms with E-state index in [1.165, 1.54) is 13.2 Å². The first-order valence-electron chi connectivity index (χ1n) is 5.28. The molecule has 1 aromatic carbocycles. The smallest absolute Gasteiger partial charge is 0.165 e. The molecular formula is C12H19FN2O. The minimum absolute atomic E-state index is 0.190. The molecular weight excluding hydrogens is 207 g/mol. The largest absolute Gasteiger partial charge is 0.493 e. The van der Waals surface area contributed by atoms with E-state index in [-0.39, 0.29) is 11.9 Å². The van der Waals surface area contributed by atoms with Crippen LogP contribution in [0.1, 0.15) is 5.56 Å².